The lowest BCUT2D eigenvalue weighted by Crippen LogP contribution is -2.54. The van der Waals surface area contributed by atoms with Gasteiger partial charge in [-0.2, -0.15) is 4.31 Å². The Balaban J connectivity index is 1.58. The molecule has 0 N–H and O–H groups in total. The molecule has 2 unspecified atom stereocenters. The normalized spacial score (nSPS) is 21.7. The molecule has 0 spiro atoms. The summed E-state index contributed by atoms with van der Waals surface area (Å²) < 4.78 is 27.1. The molecule has 2 aliphatic heterocycles. The molecular formula is C20H21N3O4S. The molecule has 0 radical (unpaired) electrons. The zero-order valence-electron chi connectivity index (χ0n) is 15.4. The van der Waals surface area contributed by atoms with Gasteiger partial charge in [0.1, 0.15) is 6.04 Å². The van der Waals surface area contributed by atoms with Crippen molar-refractivity contribution in [3.8, 4) is 0 Å². The van der Waals surface area contributed by atoms with Crippen molar-refractivity contribution in [3.05, 3.63) is 66.2 Å². The smallest absolute Gasteiger partial charge is 0.310 e. The third-order valence-corrected chi connectivity index (χ3v) is 7.25. The zero-order valence-corrected chi connectivity index (χ0v) is 16.2. The molecular weight excluding hydrogens is 378 g/mol. The summed E-state index contributed by atoms with van der Waals surface area (Å²) in [6.07, 6.45) is 0. The van der Waals surface area contributed by atoms with Crippen LogP contribution >= 0.6 is 0 Å². The molecule has 4 rings (SSSR count). The number of benzene rings is 2. The minimum atomic E-state index is -3.71. The number of carbonyl (C=O) groups excluding carboxylic acids is 2. The van der Waals surface area contributed by atoms with Gasteiger partial charge in [0, 0.05) is 19.6 Å². The number of hydrogen-bond acceptors (Lipinski definition) is 4. The van der Waals surface area contributed by atoms with Gasteiger partial charge in [0.05, 0.1) is 10.9 Å². The molecule has 3 amide bonds. The third kappa shape index (κ3) is 2.98. The number of hydrogen-bond donors (Lipinski definition) is 0. The molecule has 2 heterocycles. The predicted molar refractivity (Wildman–Crippen MR) is 103 cm³/mol. The van der Waals surface area contributed by atoms with Gasteiger partial charge < -0.3 is 4.90 Å². The number of imide groups is 1. The molecule has 0 aliphatic carbocycles. The molecule has 2 aromatic rings. The van der Waals surface area contributed by atoms with Gasteiger partial charge in [0.2, 0.25) is 10.0 Å². The van der Waals surface area contributed by atoms with Crippen molar-refractivity contribution < 1.29 is 18.0 Å². The van der Waals surface area contributed by atoms with E-state index in [0.717, 1.165) is 5.56 Å². The van der Waals surface area contributed by atoms with Crippen LogP contribution in [0.2, 0.25) is 0 Å². The number of amides is 3. The Morgan fingerprint density at radius 2 is 1.54 bits per heavy atom. The number of carbonyl (C=O) groups is 2. The lowest BCUT2D eigenvalue weighted by Gasteiger charge is -2.34. The highest BCUT2D eigenvalue weighted by Gasteiger charge is 2.51. The largest absolute Gasteiger partial charge is 0.328 e. The second-order valence-electron chi connectivity index (χ2n) is 6.96. The third-order valence-electron chi connectivity index (χ3n) is 5.37. The van der Waals surface area contributed by atoms with Gasteiger partial charge in [-0.05, 0) is 24.6 Å². The van der Waals surface area contributed by atoms with E-state index in [9.17, 15) is 18.0 Å². The van der Waals surface area contributed by atoms with Crippen LogP contribution in [0.3, 0.4) is 0 Å². The standard InChI is InChI=1S/C20H21N3O4S/c1-15(16-8-4-2-5-9-16)23-19(24)18-14-21(12-13-22(18)20(23)25)28(26,27)17-10-6-3-7-11-17/h2-11,15,18H,12-14H2,1H3. The minimum absolute atomic E-state index is 0.0280. The SMILES string of the molecule is CC(c1ccccc1)N1C(=O)C2CN(S(=O)(=O)c3ccccc3)CCN2C1=O. The first-order valence-corrected chi connectivity index (χ1v) is 10.6. The van der Waals surface area contributed by atoms with Crippen molar-refractivity contribution in [1.82, 2.24) is 14.1 Å². The summed E-state index contributed by atoms with van der Waals surface area (Å²) in [5, 5.41) is 0. The summed E-state index contributed by atoms with van der Waals surface area (Å²) in [6, 6.07) is 15.9. The van der Waals surface area contributed by atoms with Gasteiger partial charge in [-0.1, -0.05) is 48.5 Å². The number of piperazine rings is 1. The van der Waals surface area contributed by atoms with E-state index in [1.807, 2.05) is 37.3 Å². The number of fused-ring (bicyclic) bond motifs is 1. The van der Waals surface area contributed by atoms with Crippen molar-refractivity contribution in [2.24, 2.45) is 0 Å². The topological polar surface area (TPSA) is 78.0 Å². The number of nitrogens with zero attached hydrogens (tertiary/aromatic N) is 3. The molecule has 2 atom stereocenters. The fraction of sp³-hybridized carbons (Fsp3) is 0.300. The van der Waals surface area contributed by atoms with Gasteiger partial charge in [-0.3, -0.25) is 9.69 Å². The van der Waals surface area contributed by atoms with E-state index < -0.39 is 22.1 Å². The Hall–Kier alpha value is -2.71. The number of sulfonamides is 1. The molecule has 8 heteroatoms. The van der Waals surface area contributed by atoms with Crippen LogP contribution in [0.5, 0.6) is 0 Å². The molecule has 0 aromatic heterocycles. The van der Waals surface area contributed by atoms with Gasteiger partial charge >= 0.3 is 6.03 Å². The Bertz CT molecular complexity index is 995. The maximum Gasteiger partial charge on any atom is 0.328 e. The highest BCUT2D eigenvalue weighted by atomic mass is 32.2. The highest BCUT2D eigenvalue weighted by molar-refractivity contribution is 7.89. The fourth-order valence-corrected chi connectivity index (χ4v) is 5.25. The van der Waals surface area contributed by atoms with Gasteiger partial charge in [-0.25, -0.2) is 13.2 Å². The van der Waals surface area contributed by atoms with E-state index in [1.165, 1.54) is 26.2 Å². The van der Waals surface area contributed by atoms with Gasteiger partial charge in [0.25, 0.3) is 5.91 Å². The summed E-state index contributed by atoms with van der Waals surface area (Å²) in [5.41, 5.74) is 0.859. The van der Waals surface area contributed by atoms with Crippen molar-refractivity contribution in [1.29, 1.82) is 0 Å². The van der Waals surface area contributed by atoms with Crippen LogP contribution in [0.15, 0.2) is 65.6 Å². The summed E-state index contributed by atoms with van der Waals surface area (Å²) in [6.45, 7) is 2.14. The Morgan fingerprint density at radius 1 is 0.929 bits per heavy atom. The van der Waals surface area contributed by atoms with Crippen molar-refractivity contribution >= 4 is 22.0 Å². The number of rotatable bonds is 4. The summed E-state index contributed by atoms with van der Waals surface area (Å²) in [7, 11) is -3.71. The van der Waals surface area contributed by atoms with Crippen LogP contribution in [0.4, 0.5) is 4.79 Å². The molecule has 0 bridgehead atoms. The van der Waals surface area contributed by atoms with Gasteiger partial charge in [0.15, 0.2) is 0 Å². The van der Waals surface area contributed by atoms with Crippen LogP contribution in [-0.2, 0) is 14.8 Å². The van der Waals surface area contributed by atoms with E-state index in [4.69, 9.17) is 0 Å². The zero-order chi connectivity index (χ0) is 19.9. The molecule has 2 fully saturated rings. The molecule has 7 nitrogen and oxygen atoms in total. The Morgan fingerprint density at radius 3 is 2.18 bits per heavy atom. The quantitative estimate of drug-likeness (QED) is 0.738. The average molecular weight is 399 g/mol. The van der Waals surface area contributed by atoms with Crippen LogP contribution in [0.25, 0.3) is 0 Å². The lowest BCUT2D eigenvalue weighted by molar-refractivity contribution is -0.130. The van der Waals surface area contributed by atoms with Crippen molar-refractivity contribution in [3.63, 3.8) is 0 Å². The lowest BCUT2D eigenvalue weighted by atomic mass is 10.1. The Labute approximate surface area is 164 Å². The predicted octanol–water partition coefficient (Wildman–Crippen LogP) is 2.08. The first-order chi connectivity index (χ1) is 13.4. The maximum atomic E-state index is 13.0. The summed E-state index contributed by atoms with van der Waals surface area (Å²) in [5.74, 6) is -0.352. The van der Waals surface area contributed by atoms with Crippen LogP contribution in [0, 0.1) is 0 Å². The molecule has 28 heavy (non-hydrogen) atoms. The first kappa shape index (κ1) is 18.6. The highest BCUT2D eigenvalue weighted by Crippen LogP contribution is 2.31. The second kappa shape index (κ2) is 7.03. The van der Waals surface area contributed by atoms with E-state index in [-0.39, 0.29) is 36.5 Å². The van der Waals surface area contributed by atoms with Crippen LogP contribution in [-0.4, -0.2) is 60.1 Å². The summed E-state index contributed by atoms with van der Waals surface area (Å²) >= 11 is 0. The van der Waals surface area contributed by atoms with E-state index >= 15 is 0 Å². The molecule has 2 saturated heterocycles. The van der Waals surface area contributed by atoms with E-state index in [1.54, 1.807) is 18.2 Å². The average Bonchev–Trinajstić information content (AvgIpc) is 2.98. The molecule has 2 aliphatic rings. The van der Waals surface area contributed by atoms with Gasteiger partial charge in [-0.15, -0.1) is 0 Å². The molecule has 146 valence electrons. The fourth-order valence-electron chi connectivity index (χ4n) is 3.79. The van der Waals surface area contributed by atoms with Crippen molar-refractivity contribution in [2.45, 2.75) is 23.9 Å². The second-order valence-corrected chi connectivity index (χ2v) is 8.90. The van der Waals surface area contributed by atoms with Crippen LogP contribution < -0.4 is 0 Å². The first-order valence-electron chi connectivity index (χ1n) is 9.15. The summed E-state index contributed by atoms with van der Waals surface area (Å²) in [4.78, 5) is 28.8. The number of urea groups is 1. The van der Waals surface area contributed by atoms with Crippen molar-refractivity contribution in [2.75, 3.05) is 19.6 Å². The molecule has 0 saturated carbocycles. The monoisotopic (exact) mass is 399 g/mol. The van der Waals surface area contributed by atoms with Crippen LogP contribution in [0.1, 0.15) is 18.5 Å². The Kier molecular flexibility index (Phi) is 4.68. The minimum Gasteiger partial charge on any atom is -0.310 e. The molecule has 2 aromatic carbocycles. The van der Waals surface area contributed by atoms with E-state index in [2.05, 4.69) is 0 Å². The maximum absolute atomic E-state index is 13.0. The van der Waals surface area contributed by atoms with E-state index in [0.29, 0.717) is 0 Å².